The molecule has 2 amide bonds. The van der Waals surface area contributed by atoms with E-state index < -0.39 is 38.1 Å². The first kappa shape index (κ1) is 28.2. The maximum absolute atomic E-state index is 12.9. The summed E-state index contributed by atoms with van der Waals surface area (Å²) >= 11 is 0. The summed E-state index contributed by atoms with van der Waals surface area (Å²) in [6, 6.07) is 7.44. The summed E-state index contributed by atoms with van der Waals surface area (Å²) in [5, 5.41) is 5.36. The molecule has 0 saturated heterocycles. The van der Waals surface area contributed by atoms with Crippen LogP contribution in [0.15, 0.2) is 30.3 Å². The lowest BCUT2D eigenvalue weighted by atomic mass is 10.0. The van der Waals surface area contributed by atoms with Crippen molar-refractivity contribution in [2.75, 3.05) is 7.11 Å². The lowest BCUT2D eigenvalue weighted by Gasteiger charge is -2.31. The van der Waals surface area contributed by atoms with Crippen LogP contribution < -0.4 is 10.6 Å². The highest BCUT2D eigenvalue weighted by Crippen LogP contribution is 2.35. The third-order valence-electron chi connectivity index (χ3n) is 5.82. The van der Waals surface area contributed by atoms with Crippen LogP contribution >= 0.6 is 0 Å². The number of amides is 2. The third-order valence-corrected chi connectivity index (χ3v) is 10.4. The molecule has 0 aliphatic carbocycles. The second-order valence-corrected chi connectivity index (χ2v) is 14.9. The number of hydrogen-bond donors (Lipinski definition) is 2. The summed E-state index contributed by atoms with van der Waals surface area (Å²) in [6.07, 6.45) is -0.575. The summed E-state index contributed by atoms with van der Waals surface area (Å²) < 4.78 is 10.1. The number of esters is 1. The standard InChI is InChI=1S/C25H38N2O5Si/c1-18(2)21(27-24(30)32-17-19-13-10-9-11-14-19)22(28)26-20(23(29)31-6)15-12-16-33(7,8)25(3,4)5/h9-11,13-14,18,20-21H,15,17H2,1-8H3,(H,26,28)(H,27,30)/t20-,21+/m0/s1. The Kier molecular flexibility index (Phi) is 10.7. The Labute approximate surface area is 199 Å². The van der Waals surface area contributed by atoms with E-state index in [1.807, 2.05) is 30.3 Å². The van der Waals surface area contributed by atoms with Gasteiger partial charge < -0.3 is 20.1 Å². The molecular weight excluding hydrogens is 436 g/mol. The topological polar surface area (TPSA) is 93.7 Å². The molecule has 182 valence electrons. The minimum absolute atomic E-state index is 0.0801. The number of carbonyl (C=O) groups excluding carboxylic acids is 3. The molecule has 0 saturated carbocycles. The smallest absolute Gasteiger partial charge is 0.408 e. The van der Waals surface area contributed by atoms with Gasteiger partial charge in [-0.2, -0.15) is 0 Å². The number of hydrogen-bond acceptors (Lipinski definition) is 5. The molecule has 1 aromatic carbocycles. The van der Waals surface area contributed by atoms with E-state index in [2.05, 4.69) is 56.0 Å². The van der Waals surface area contributed by atoms with Gasteiger partial charge in [0.1, 0.15) is 26.8 Å². The zero-order chi connectivity index (χ0) is 25.2. The Bertz CT molecular complexity index is 866. The van der Waals surface area contributed by atoms with Crippen LogP contribution in [-0.4, -0.2) is 45.2 Å². The predicted octanol–water partition coefficient (Wildman–Crippen LogP) is 4.04. The molecule has 0 bridgehead atoms. The van der Waals surface area contributed by atoms with Crippen LogP contribution in [0.3, 0.4) is 0 Å². The van der Waals surface area contributed by atoms with E-state index >= 15 is 0 Å². The molecule has 0 aromatic heterocycles. The molecule has 0 fully saturated rings. The van der Waals surface area contributed by atoms with Gasteiger partial charge in [0.2, 0.25) is 5.91 Å². The molecule has 0 aliphatic rings. The van der Waals surface area contributed by atoms with Crippen molar-refractivity contribution >= 4 is 26.0 Å². The minimum atomic E-state index is -1.85. The van der Waals surface area contributed by atoms with E-state index in [0.29, 0.717) is 0 Å². The Morgan fingerprint density at radius 1 is 1.06 bits per heavy atom. The molecule has 1 rings (SSSR count). The van der Waals surface area contributed by atoms with Crippen LogP contribution in [0.2, 0.25) is 18.1 Å². The molecule has 0 unspecified atom stereocenters. The highest BCUT2D eigenvalue weighted by Gasteiger charge is 2.34. The molecule has 33 heavy (non-hydrogen) atoms. The molecule has 2 atom stereocenters. The average Bonchev–Trinajstić information content (AvgIpc) is 2.74. The van der Waals surface area contributed by atoms with Crippen LogP contribution in [0.1, 0.15) is 46.6 Å². The van der Waals surface area contributed by atoms with Gasteiger partial charge in [0, 0.05) is 6.42 Å². The molecular formula is C25H38N2O5Si. The van der Waals surface area contributed by atoms with Crippen molar-refractivity contribution < 1.29 is 23.9 Å². The number of ether oxygens (including phenoxy) is 2. The van der Waals surface area contributed by atoms with E-state index in [4.69, 9.17) is 9.47 Å². The fourth-order valence-electron chi connectivity index (χ4n) is 2.59. The first-order valence-electron chi connectivity index (χ1n) is 11.1. The van der Waals surface area contributed by atoms with E-state index in [9.17, 15) is 14.4 Å². The van der Waals surface area contributed by atoms with Crippen molar-refractivity contribution in [2.45, 2.75) is 77.9 Å². The fourth-order valence-corrected chi connectivity index (χ4v) is 3.50. The quantitative estimate of drug-likeness (QED) is 0.337. The van der Waals surface area contributed by atoms with Gasteiger partial charge in [-0.1, -0.05) is 78.0 Å². The average molecular weight is 475 g/mol. The van der Waals surface area contributed by atoms with Crippen LogP contribution in [0.25, 0.3) is 0 Å². The van der Waals surface area contributed by atoms with E-state index in [0.717, 1.165) is 5.56 Å². The molecule has 8 heteroatoms. The maximum atomic E-state index is 12.9. The van der Waals surface area contributed by atoms with Gasteiger partial charge >= 0.3 is 12.1 Å². The Morgan fingerprint density at radius 3 is 2.18 bits per heavy atom. The van der Waals surface area contributed by atoms with Gasteiger partial charge in [0.25, 0.3) is 0 Å². The number of rotatable bonds is 8. The molecule has 0 heterocycles. The summed E-state index contributed by atoms with van der Waals surface area (Å²) in [5.74, 6) is 1.78. The number of nitrogens with one attached hydrogen (secondary N) is 2. The van der Waals surface area contributed by atoms with Gasteiger partial charge in [0.05, 0.1) is 7.11 Å². The van der Waals surface area contributed by atoms with E-state index in [1.165, 1.54) is 7.11 Å². The largest absolute Gasteiger partial charge is 0.467 e. The zero-order valence-corrected chi connectivity index (χ0v) is 22.1. The van der Waals surface area contributed by atoms with Gasteiger partial charge in [-0.05, 0) is 16.5 Å². The van der Waals surface area contributed by atoms with E-state index in [-0.39, 0.29) is 24.0 Å². The van der Waals surface area contributed by atoms with E-state index in [1.54, 1.807) is 13.8 Å². The monoisotopic (exact) mass is 474 g/mol. The number of benzene rings is 1. The summed E-state index contributed by atoms with van der Waals surface area (Å²) in [6.45, 7) is 14.5. The Hall–Kier alpha value is -2.79. The SMILES string of the molecule is COC(=O)[C@H](CC#C[Si](C)(C)C(C)(C)C)NC(=O)[C@H](NC(=O)OCc1ccccc1)C(C)C. The van der Waals surface area contributed by atoms with Gasteiger partial charge in [-0.15, -0.1) is 11.5 Å². The highest BCUT2D eigenvalue weighted by atomic mass is 28.3. The molecule has 1 aromatic rings. The number of alkyl carbamates (subject to hydrolysis) is 1. The van der Waals surface area contributed by atoms with Crippen molar-refractivity contribution in [1.82, 2.24) is 10.6 Å². The molecule has 7 nitrogen and oxygen atoms in total. The van der Waals surface area contributed by atoms with Crippen molar-refractivity contribution in [1.29, 1.82) is 0 Å². The predicted molar refractivity (Wildman–Crippen MR) is 132 cm³/mol. The Morgan fingerprint density at radius 2 is 1.67 bits per heavy atom. The summed E-state index contributed by atoms with van der Waals surface area (Å²) in [7, 11) is -0.589. The van der Waals surface area contributed by atoms with Gasteiger partial charge in [-0.25, -0.2) is 9.59 Å². The molecule has 0 radical (unpaired) electrons. The third kappa shape index (κ3) is 9.30. The second kappa shape index (κ2) is 12.4. The minimum Gasteiger partial charge on any atom is -0.467 e. The van der Waals surface area contributed by atoms with Crippen LogP contribution in [-0.2, 0) is 25.7 Å². The second-order valence-electron chi connectivity index (χ2n) is 9.89. The Balaban J connectivity index is 2.83. The molecule has 2 N–H and O–H groups in total. The van der Waals surface area contributed by atoms with Crippen LogP contribution in [0, 0.1) is 17.4 Å². The normalized spacial score (nSPS) is 13.2. The zero-order valence-electron chi connectivity index (χ0n) is 21.1. The number of methoxy groups -OCH3 is 1. The summed E-state index contributed by atoms with van der Waals surface area (Å²) in [5.41, 5.74) is 4.18. The van der Waals surface area contributed by atoms with Gasteiger partial charge in [-0.3, -0.25) is 4.79 Å². The van der Waals surface area contributed by atoms with Crippen LogP contribution in [0.4, 0.5) is 4.79 Å². The fraction of sp³-hybridized carbons (Fsp3) is 0.560. The van der Waals surface area contributed by atoms with Crippen molar-refractivity contribution in [3.63, 3.8) is 0 Å². The van der Waals surface area contributed by atoms with Crippen molar-refractivity contribution in [3.8, 4) is 11.5 Å². The molecule has 0 spiro atoms. The number of carbonyl (C=O) groups is 3. The first-order chi connectivity index (χ1) is 15.3. The maximum Gasteiger partial charge on any atom is 0.408 e. The summed E-state index contributed by atoms with van der Waals surface area (Å²) in [4.78, 5) is 37.4. The highest BCUT2D eigenvalue weighted by molar-refractivity contribution is 6.87. The van der Waals surface area contributed by atoms with Crippen LogP contribution in [0.5, 0.6) is 0 Å². The van der Waals surface area contributed by atoms with Crippen molar-refractivity contribution in [3.05, 3.63) is 35.9 Å². The molecule has 0 aliphatic heterocycles. The lowest BCUT2D eigenvalue weighted by Crippen LogP contribution is -2.53. The van der Waals surface area contributed by atoms with Gasteiger partial charge in [0.15, 0.2) is 0 Å². The first-order valence-corrected chi connectivity index (χ1v) is 14.1. The lowest BCUT2D eigenvalue weighted by molar-refractivity contribution is -0.145. The van der Waals surface area contributed by atoms with Crippen molar-refractivity contribution in [2.24, 2.45) is 5.92 Å².